The van der Waals surface area contributed by atoms with Crippen LogP contribution in [-0.2, 0) is 12.6 Å². The van der Waals surface area contributed by atoms with Gasteiger partial charge in [0.1, 0.15) is 5.75 Å². The number of carbonyl (C=O) groups excluding carboxylic acids is 1. The predicted molar refractivity (Wildman–Crippen MR) is 95.1 cm³/mol. The normalized spacial score (nSPS) is 12.9. The number of benzene rings is 2. The molecule has 13 heteroatoms. The molecule has 2 aromatic carbocycles. The Hall–Kier alpha value is -3.12. The molecule has 0 radical (unpaired) electrons. The Balaban J connectivity index is 2.45. The van der Waals surface area contributed by atoms with Gasteiger partial charge in [-0.05, 0) is 23.8 Å². The van der Waals surface area contributed by atoms with Crippen molar-refractivity contribution in [1.82, 2.24) is 5.32 Å². The Bertz CT molecular complexity index is 925. The molecule has 0 bridgehead atoms. The number of halogens is 9. The molecule has 176 valence electrons. The molecule has 2 aromatic rings. The van der Waals surface area contributed by atoms with Crippen LogP contribution in [0.25, 0.3) is 0 Å². The quantitative estimate of drug-likeness (QED) is 0.527. The van der Waals surface area contributed by atoms with Crippen LogP contribution in [0, 0.1) is 0 Å². The summed E-state index contributed by atoms with van der Waals surface area (Å²) in [6.45, 7) is 0. The van der Waals surface area contributed by atoms with Gasteiger partial charge < -0.3 is 15.4 Å². The second kappa shape index (κ2) is 8.79. The average molecular weight is 474 g/mol. The Kier molecular flexibility index (Phi) is 6.90. The molecule has 0 aromatic heterocycles. The minimum absolute atomic E-state index is 0.318. The molecule has 2 rings (SSSR count). The number of anilines is 1. The summed E-state index contributed by atoms with van der Waals surface area (Å²) >= 11 is 0. The lowest BCUT2D eigenvalue weighted by Crippen LogP contribution is -2.69. The molecule has 32 heavy (non-hydrogen) atoms. The summed E-state index contributed by atoms with van der Waals surface area (Å²) in [6.07, 6.45) is -18.6. The fourth-order valence-electron chi connectivity index (χ4n) is 2.78. The first-order valence-electron chi connectivity index (χ1n) is 8.62. The van der Waals surface area contributed by atoms with Crippen LogP contribution in [0.15, 0.2) is 48.5 Å². The third kappa shape index (κ3) is 5.37. The first kappa shape index (κ1) is 25.1. The zero-order valence-electron chi connectivity index (χ0n) is 16.0. The van der Waals surface area contributed by atoms with Gasteiger partial charge in [0.25, 0.3) is 0 Å². The summed E-state index contributed by atoms with van der Waals surface area (Å²) in [5.41, 5.74) is -7.20. The summed E-state index contributed by atoms with van der Waals surface area (Å²) < 4.78 is 126. The number of amides is 2. The molecule has 0 aliphatic rings. The zero-order valence-corrected chi connectivity index (χ0v) is 16.0. The van der Waals surface area contributed by atoms with Crippen molar-refractivity contribution in [2.75, 3.05) is 12.4 Å². The summed E-state index contributed by atoms with van der Waals surface area (Å²) in [7, 11) is 0.983. The summed E-state index contributed by atoms with van der Waals surface area (Å²) in [5.74, 6) is -0.416. The number of hydrogen-bond acceptors (Lipinski definition) is 2. The van der Waals surface area contributed by atoms with Crippen LogP contribution in [0.2, 0.25) is 0 Å². The van der Waals surface area contributed by atoms with E-state index in [0.29, 0.717) is 12.1 Å². The maximum absolute atomic E-state index is 13.7. The number of methoxy groups -OCH3 is 1. The molecule has 0 heterocycles. The van der Waals surface area contributed by atoms with Gasteiger partial charge in [-0.3, -0.25) is 0 Å². The molecule has 2 amide bonds. The molecule has 0 fully saturated rings. The topological polar surface area (TPSA) is 50.4 Å². The highest BCUT2D eigenvalue weighted by molar-refractivity contribution is 5.91. The molecule has 0 aliphatic carbocycles. The molecule has 4 nitrogen and oxygen atoms in total. The number of nitrogens with one attached hydrogen (secondary N) is 2. The second-order valence-electron chi connectivity index (χ2n) is 6.56. The molecule has 2 N–H and O–H groups in total. The van der Waals surface area contributed by atoms with E-state index in [1.807, 2.05) is 0 Å². The van der Waals surface area contributed by atoms with Crippen molar-refractivity contribution < 1.29 is 49.0 Å². The number of urea groups is 1. The van der Waals surface area contributed by atoms with Crippen molar-refractivity contribution in [3.63, 3.8) is 0 Å². The maximum Gasteiger partial charge on any atom is 0.420 e. The molecule has 0 atom stereocenters. The van der Waals surface area contributed by atoms with Crippen molar-refractivity contribution in [2.45, 2.75) is 30.5 Å². The molecular formula is C19H15F9N2O2. The maximum atomic E-state index is 13.7. The third-order valence-electron chi connectivity index (χ3n) is 4.38. The van der Waals surface area contributed by atoms with E-state index in [-0.39, 0.29) is 5.56 Å². The number of hydrogen-bond donors (Lipinski definition) is 2. The van der Waals surface area contributed by atoms with E-state index >= 15 is 0 Å². The SMILES string of the molecule is COc1ccc(C(F)(F)F)cc1NC(=O)NC(Cc1ccccc1)(C(F)(F)F)C(F)(F)F. The van der Waals surface area contributed by atoms with E-state index in [1.54, 1.807) is 5.32 Å². The van der Waals surface area contributed by atoms with Crippen LogP contribution in [0.5, 0.6) is 5.75 Å². The minimum Gasteiger partial charge on any atom is -0.495 e. The summed E-state index contributed by atoms with van der Waals surface area (Å²) in [6, 6.07) is 5.39. The Morgan fingerprint density at radius 2 is 1.44 bits per heavy atom. The van der Waals surface area contributed by atoms with Gasteiger partial charge in [0.2, 0.25) is 5.54 Å². The van der Waals surface area contributed by atoms with E-state index in [1.165, 1.54) is 18.2 Å². The first-order chi connectivity index (χ1) is 14.6. The van der Waals surface area contributed by atoms with Crippen molar-refractivity contribution in [3.8, 4) is 5.75 Å². The number of alkyl halides is 9. The lowest BCUT2D eigenvalue weighted by atomic mass is 9.89. The van der Waals surface area contributed by atoms with Gasteiger partial charge in [-0.2, -0.15) is 39.5 Å². The van der Waals surface area contributed by atoms with Crippen LogP contribution < -0.4 is 15.4 Å². The van der Waals surface area contributed by atoms with Gasteiger partial charge >= 0.3 is 24.6 Å². The minimum atomic E-state index is -6.00. The zero-order chi connectivity index (χ0) is 24.4. The van der Waals surface area contributed by atoms with Crippen LogP contribution >= 0.6 is 0 Å². The fourth-order valence-corrected chi connectivity index (χ4v) is 2.78. The van der Waals surface area contributed by atoms with E-state index in [0.717, 1.165) is 30.6 Å². The number of rotatable bonds is 5. The van der Waals surface area contributed by atoms with E-state index in [9.17, 15) is 44.3 Å². The first-order valence-corrected chi connectivity index (χ1v) is 8.62. The standard InChI is InChI=1S/C19H15F9N2O2/c1-32-14-8-7-12(17(20,21)22)9-13(14)29-15(31)30-16(18(23,24)25,19(26,27)28)10-11-5-3-2-4-6-11/h2-9H,10H2,1H3,(H2,29,30,31). The highest BCUT2D eigenvalue weighted by Crippen LogP contribution is 2.45. The second-order valence-corrected chi connectivity index (χ2v) is 6.56. The van der Waals surface area contributed by atoms with Crippen molar-refractivity contribution in [2.24, 2.45) is 0 Å². The Labute approximate surface area is 175 Å². The number of carbonyl (C=O) groups is 1. The Morgan fingerprint density at radius 1 is 0.875 bits per heavy atom. The van der Waals surface area contributed by atoms with Crippen LogP contribution in [-0.4, -0.2) is 31.0 Å². The van der Waals surface area contributed by atoms with E-state index in [4.69, 9.17) is 4.74 Å². The van der Waals surface area contributed by atoms with Crippen LogP contribution in [0.4, 0.5) is 50.0 Å². The van der Waals surface area contributed by atoms with Gasteiger partial charge in [-0.25, -0.2) is 4.79 Å². The molecule has 0 saturated heterocycles. The van der Waals surface area contributed by atoms with Gasteiger partial charge in [0.05, 0.1) is 18.4 Å². The van der Waals surface area contributed by atoms with E-state index in [2.05, 4.69) is 0 Å². The third-order valence-corrected chi connectivity index (χ3v) is 4.38. The monoisotopic (exact) mass is 474 g/mol. The highest BCUT2D eigenvalue weighted by Gasteiger charge is 2.71. The molecule has 0 saturated carbocycles. The van der Waals surface area contributed by atoms with Gasteiger partial charge in [0.15, 0.2) is 0 Å². The van der Waals surface area contributed by atoms with Gasteiger partial charge in [0, 0.05) is 6.42 Å². The van der Waals surface area contributed by atoms with E-state index < -0.39 is 53.5 Å². The molecule has 0 spiro atoms. The highest BCUT2D eigenvalue weighted by atomic mass is 19.4. The van der Waals surface area contributed by atoms with Crippen LogP contribution in [0.1, 0.15) is 11.1 Å². The molecule has 0 unspecified atom stereocenters. The van der Waals surface area contributed by atoms with Gasteiger partial charge in [-0.15, -0.1) is 0 Å². The van der Waals surface area contributed by atoms with Crippen molar-refractivity contribution in [1.29, 1.82) is 0 Å². The molecular weight excluding hydrogens is 459 g/mol. The smallest absolute Gasteiger partial charge is 0.420 e. The molecule has 0 aliphatic heterocycles. The summed E-state index contributed by atoms with van der Waals surface area (Å²) in [5, 5.41) is 2.46. The number of ether oxygens (including phenoxy) is 1. The fraction of sp³-hybridized carbons (Fsp3) is 0.316. The average Bonchev–Trinajstić information content (AvgIpc) is 2.65. The van der Waals surface area contributed by atoms with Crippen LogP contribution in [0.3, 0.4) is 0 Å². The lowest BCUT2D eigenvalue weighted by Gasteiger charge is -2.38. The van der Waals surface area contributed by atoms with Crippen molar-refractivity contribution >= 4 is 11.7 Å². The Morgan fingerprint density at radius 3 is 1.91 bits per heavy atom. The van der Waals surface area contributed by atoms with Crippen molar-refractivity contribution in [3.05, 3.63) is 59.7 Å². The summed E-state index contributed by atoms with van der Waals surface area (Å²) in [4.78, 5) is 12.2. The predicted octanol–water partition coefficient (Wildman–Crippen LogP) is 5.94. The largest absolute Gasteiger partial charge is 0.495 e. The van der Waals surface area contributed by atoms with Gasteiger partial charge in [-0.1, -0.05) is 30.3 Å². The lowest BCUT2D eigenvalue weighted by molar-refractivity contribution is -0.303.